The van der Waals surface area contributed by atoms with Gasteiger partial charge in [0.2, 0.25) is 0 Å². The van der Waals surface area contributed by atoms with E-state index in [9.17, 15) is 9.18 Å². The molecule has 0 saturated heterocycles. The SMILES string of the molecule is CC(C)c1ccc(C(=O)Cc2cc(F)cc(Br)c2)cc1. The van der Waals surface area contributed by atoms with Crippen LogP contribution in [-0.4, -0.2) is 5.78 Å². The van der Waals surface area contributed by atoms with E-state index in [1.54, 1.807) is 6.07 Å². The molecule has 2 aromatic rings. The van der Waals surface area contributed by atoms with E-state index in [4.69, 9.17) is 0 Å². The van der Waals surface area contributed by atoms with Crippen LogP contribution < -0.4 is 0 Å². The van der Waals surface area contributed by atoms with Crippen LogP contribution in [0.1, 0.15) is 41.3 Å². The summed E-state index contributed by atoms with van der Waals surface area (Å²) in [6.45, 7) is 4.22. The van der Waals surface area contributed by atoms with Crippen LogP contribution in [0.25, 0.3) is 0 Å². The lowest BCUT2D eigenvalue weighted by molar-refractivity contribution is 0.0993. The lowest BCUT2D eigenvalue weighted by Gasteiger charge is -2.07. The molecule has 0 aliphatic heterocycles. The molecule has 0 amide bonds. The second kappa shape index (κ2) is 6.31. The van der Waals surface area contributed by atoms with Crippen molar-refractivity contribution in [1.29, 1.82) is 0 Å². The third-order valence-corrected chi connectivity index (χ3v) is 3.64. The summed E-state index contributed by atoms with van der Waals surface area (Å²) in [5, 5.41) is 0. The average Bonchev–Trinajstić information content (AvgIpc) is 2.37. The highest BCUT2D eigenvalue weighted by atomic mass is 79.9. The molecule has 0 aliphatic carbocycles. The predicted molar refractivity (Wildman–Crippen MR) is 82.7 cm³/mol. The molecule has 2 rings (SSSR count). The van der Waals surface area contributed by atoms with Crippen LogP contribution in [0.3, 0.4) is 0 Å². The van der Waals surface area contributed by atoms with E-state index in [1.807, 2.05) is 24.3 Å². The second-order valence-electron chi connectivity index (χ2n) is 5.15. The topological polar surface area (TPSA) is 17.1 Å². The smallest absolute Gasteiger partial charge is 0.167 e. The summed E-state index contributed by atoms with van der Waals surface area (Å²) >= 11 is 3.23. The summed E-state index contributed by atoms with van der Waals surface area (Å²) in [4.78, 5) is 12.2. The number of halogens is 2. The maximum Gasteiger partial charge on any atom is 0.167 e. The van der Waals surface area contributed by atoms with Gasteiger partial charge in [0.25, 0.3) is 0 Å². The molecule has 0 heterocycles. The summed E-state index contributed by atoms with van der Waals surface area (Å²) in [6, 6.07) is 12.2. The van der Waals surface area contributed by atoms with Crippen LogP contribution in [0.5, 0.6) is 0 Å². The molecule has 1 nitrogen and oxygen atoms in total. The minimum atomic E-state index is -0.336. The molecular formula is C17H16BrFO. The van der Waals surface area contributed by atoms with E-state index in [-0.39, 0.29) is 18.0 Å². The number of rotatable bonds is 4. The number of hydrogen-bond acceptors (Lipinski definition) is 1. The molecule has 0 radical (unpaired) electrons. The molecular weight excluding hydrogens is 319 g/mol. The summed E-state index contributed by atoms with van der Waals surface area (Å²) < 4.78 is 13.9. The van der Waals surface area contributed by atoms with Gasteiger partial charge in [-0.25, -0.2) is 4.39 Å². The van der Waals surface area contributed by atoms with Crippen molar-refractivity contribution in [2.24, 2.45) is 0 Å². The Kier molecular flexibility index (Phi) is 4.71. The van der Waals surface area contributed by atoms with Crippen molar-refractivity contribution < 1.29 is 9.18 Å². The van der Waals surface area contributed by atoms with Gasteiger partial charge in [0.15, 0.2) is 5.78 Å². The van der Waals surface area contributed by atoms with Crippen LogP contribution in [0.15, 0.2) is 46.9 Å². The minimum absolute atomic E-state index is 0.00203. The van der Waals surface area contributed by atoms with Crippen molar-refractivity contribution in [2.75, 3.05) is 0 Å². The zero-order chi connectivity index (χ0) is 14.7. The summed E-state index contributed by atoms with van der Waals surface area (Å²) in [6.07, 6.45) is 0.206. The maximum absolute atomic E-state index is 13.3. The molecule has 0 aromatic heterocycles. The van der Waals surface area contributed by atoms with Gasteiger partial charge in [-0.2, -0.15) is 0 Å². The van der Waals surface area contributed by atoms with E-state index in [0.717, 1.165) is 0 Å². The zero-order valence-corrected chi connectivity index (χ0v) is 13.1. The molecule has 20 heavy (non-hydrogen) atoms. The molecule has 0 unspecified atom stereocenters. The Balaban J connectivity index is 2.15. The van der Waals surface area contributed by atoms with E-state index in [2.05, 4.69) is 29.8 Å². The van der Waals surface area contributed by atoms with E-state index in [0.29, 0.717) is 21.5 Å². The first-order valence-corrected chi connectivity index (χ1v) is 7.33. The van der Waals surface area contributed by atoms with Crippen molar-refractivity contribution in [3.63, 3.8) is 0 Å². The van der Waals surface area contributed by atoms with Gasteiger partial charge in [-0.05, 0) is 35.2 Å². The second-order valence-corrected chi connectivity index (χ2v) is 6.07. The Hall–Kier alpha value is -1.48. The van der Waals surface area contributed by atoms with E-state index in [1.165, 1.54) is 17.7 Å². The van der Waals surface area contributed by atoms with Crippen molar-refractivity contribution >= 4 is 21.7 Å². The van der Waals surface area contributed by atoms with Gasteiger partial charge in [0, 0.05) is 16.5 Å². The lowest BCUT2D eigenvalue weighted by atomic mass is 9.98. The first-order chi connectivity index (χ1) is 9.45. The van der Waals surface area contributed by atoms with Crippen LogP contribution in [0.2, 0.25) is 0 Å². The number of Topliss-reactive ketones (excluding diaryl/α,β-unsaturated/α-hetero) is 1. The van der Waals surface area contributed by atoms with Gasteiger partial charge in [0.1, 0.15) is 5.82 Å². The first kappa shape index (κ1) is 14.9. The lowest BCUT2D eigenvalue weighted by Crippen LogP contribution is -2.04. The number of ketones is 1. The number of hydrogen-bond donors (Lipinski definition) is 0. The Morgan fingerprint density at radius 2 is 1.80 bits per heavy atom. The van der Waals surface area contributed by atoms with Gasteiger partial charge in [-0.15, -0.1) is 0 Å². The number of carbonyl (C=O) groups excluding carboxylic acids is 1. The number of carbonyl (C=O) groups is 1. The normalized spacial score (nSPS) is 10.8. The van der Waals surface area contributed by atoms with Crippen LogP contribution in [0, 0.1) is 5.82 Å². The van der Waals surface area contributed by atoms with E-state index >= 15 is 0 Å². The monoisotopic (exact) mass is 334 g/mol. The summed E-state index contributed by atoms with van der Waals surface area (Å²) in [7, 11) is 0. The van der Waals surface area contributed by atoms with Crippen LogP contribution >= 0.6 is 15.9 Å². The molecule has 104 valence electrons. The van der Waals surface area contributed by atoms with Crippen LogP contribution in [-0.2, 0) is 6.42 Å². The molecule has 0 bridgehead atoms. The third kappa shape index (κ3) is 3.76. The fourth-order valence-corrected chi connectivity index (χ4v) is 2.57. The molecule has 0 spiro atoms. The average molecular weight is 335 g/mol. The van der Waals surface area contributed by atoms with Crippen molar-refractivity contribution in [1.82, 2.24) is 0 Å². The highest BCUT2D eigenvalue weighted by Crippen LogP contribution is 2.18. The third-order valence-electron chi connectivity index (χ3n) is 3.19. The Morgan fingerprint density at radius 3 is 2.35 bits per heavy atom. The Morgan fingerprint density at radius 1 is 1.15 bits per heavy atom. The van der Waals surface area contributed by atoms with E-state index < -0.39 is 0 Å². The molecule has 3 heteroatoms. The molecule has 0 saturated carbocycles. The standard InChI is InChI=1S/C17H16BrFO/c1-11(2)13-3-5-14(6-4-13)17(20)9-12-7-15(18)10-16(19)8-12/h3-8,10-11H,9H2,1-2H3. The highest BCUT2D eigenvalue weighted by Gasteiger charge is 2.09. The van der Waals surface area contributed by atoms with Crippen LogP contribution in [0.4, 0.5) is 4.39 Å². The maximum atomic E-state index is 13.3. The largest absolute Gasteiger partial charge is 0.294 e. The van der Waals surface area contributed by atoms with Gasteiger partial charge in [0.05, 0.1) is 0 Å². The van der Waals surface area contributed by atoms with Gasteiger partial charge in [-0.3, -0.25) is 4.79 Å². The van der Waals surface area contributed by atoms with Gasteiger partial charge in [-0.1, -0.05) is 54.0 Å². The molecule has 0 atom stereocenters. The molecule has 0 fully saturated rings. The Bertz CT molecular complexity index is 597. The van der Waals surface area contributed by atoms with Crippen molar-refractivity contribution in [3.05, 3.63) is 69.4 Å². The highest BCUT2D eigenvalue weighted by molar-refractivity contribution is 9.10. The zero-order valence-electron chi connectivity index (χ0n) is 11.5. The summed E-state index contributed by atoms with van der Waals surface area (Å²) in [5.41, 5.74) is 2.54. The van der Waals surface area contributed by atoms with Gasteiger partial charge >= 0.3 is 0 Å². The van der Waals surface area contributed by atoms with Crippen molar-refractivity contribution in [3.8, 4) is 0 Å². The van der Waals surface area contributed by atoms with Crippen molar-refractivity contribution in [2.45, 2.75) is 26.2 Å². The van der Waals surface area contributed by atoms with Gasteiger partial charge < -0.3 is 0 Å². The first-order valence-electron chi connectivity index (χ1n) is 6.54. The molecule has 0 aliphatic rings. The summed E-state index contributed by atoms with van der Waals surface area (Å²) in [5.74, 6) is 0.105. The Labute approximate surface area is 127 Å². The minimum Gasteiger partial charge on any atom is -0.294 e. The molecule has 0 N–H and O–H groups in total. The fourth-order valence-electron chi connectivity index (χ4n) is 2.05. The number of benzene rings is 2. The quantitative estimate of drug-likeness (QED) is 0.707. The fraction of sp³-hybridized carbons (Fsp3) is 0.235. The predicted octanol–water partition coefficient (Wildman–Crippen LogP) is 5.14. The molecule has 2 aromatic carbocycles.